The van der Waals surface area contributed by atoms with Crippen LogP contribution < -0.4 is 4.72 Å². The van der Waals surface area contributed by atoms with Gasteiger partial charge in [0.1, 0.15) is 5.60 Å². The summed E-state index contributed by atoms with van der Waals surface area (Å²) in [5.41, 5.74) is 0.133. The smallest absolute Gasteiger partial charge is 0.410 e. The third-order valence-corrected chi connectivity index (χ3v) is 5.87. The van der Waals surface area contributed by atoms with Crippen LogP contribution in [0.3, 0.4) is 0 Å². The Labute approximate surface area is 167 Å². The van der Waals surface area contributed by atoms with E-state index in [9.17, 15) is 13.2 Å². The molecule has 1 heterocycles. The summed E-state index contributed by atoms with van der Waals surface area (Å²) in [6, 6.07) is 7.43. The highest BCUT2D eigenvalue weighted by atomic mass is 32.2. The molecule has 2 rings (SSSR count). The predicted molar refractivity (Wildman–Crippen MR) is 111 cm³/mol. The van der Waals surface area contributed by atoms with Crippen molar-refractivity contribution in [2.75, 3.05) is 29.8 Å². The molecule has 6 nitrogen and oxygen atoms in total. The van der Waals surface area contributed by atoms with Crippen LogP contribution in [0.5, 0.6) is 0 Å². The minimum absolute atomic E-state index is 0.210. The van der Waals surface area contributed by atoms with Crippen LogP contribution in [0.4, 0.5) is 10.5 Å². The van der Waals surface area contributed by atoms with Gasteiger partial charge < -0.3 is 9.64 Å². The number of hydrogen-bond donors (Lipinski definition) is 1. The summed E-state index contributed by atoms with van der Waals surface area (Å²) in [4.78, 5) is 15.0. The Morgan fingerprint density at radius 1 is 1.22 bits per heavy atom. The second-order valence-electron chi connectivity index (χ2n) is 7.95. The van der Waals surface area contributed by atoms with Crippen LogP contribution in [0.15, 0.2) is 29.2 Å². The zero-order valence-electron chi connectivity index (χ0n) is 16.5. The SMILES string of the molecule is CC(C)(C)OC(=O)N1CCC(CCSc2ccc(NS(C)(=O)=O)cc2)CC1. The Kier molecular flexibility index (Phi) is 7.45. The molecule has 8 heteroatoms. The van der Waals surface area contributed by atoms with Gasteiger partial charge in [-0.1, -0.05) is 0 Å². The third kappa shape index (κ3) is 8.43. The fourth-order valence-electron chi connectivity index (χ4n) is 2.91. The van der Waals surface area contributed by atoms with Crippen LogP contribution in [0, 0.1) is 5.92 Å². The number of likely N-dealkylation sites (tertiary alicyclic amines) is 1. The molecule has 0 atom stereocenters. The van der Waals surface area contributed by atoms with E-state index in [1.165, 1.54) is 0 Å². The van der Waals surface area contributed by atoms with Crippen LogP contribution in [0.1, 0.15) is 40.0 Å². The van der Waals surface area contributed by atoms with E-state index >= 15 is 0 Å². The van der Waals surface area contributed by atoms with Crippen molar-refractivity contribution in [2.45, 2.75) is 50.5 Å². The van der Waals surface area contributed by atoms with Gasteiger partial charge in [-0.25, -0.2) is 13.2 Å². The Morgan fingerprint density at radius 2 is 1.81 bits per heavy atom. The normalized spacial score (nSPS) is 16.2. The lowest BCUT2D eigenvalue weighted by Gasteiger charge is -2.33. The van der Waals surface area contributed by atoms with Gasteiger partial charge in [-0.15, -0.1) is 11.8 Å². The molecule has 0 aliphatic carbocycles. The van der Waals surface area contributed by atoms with Crippen molar-refractivity contribution in [3.05, 3.63) is 24.3 Å². The van der Waals surface area contributed by atoms with Crippen LogP contribution in [-0.4, -0.2) is 50.1 Å². The molecule has 0 unspecified atom stereocenters. The standard InChI is InChI=1S/C19H30N2O4S2/c1-19(2,3)25-18(22)21-12-9-15(10-13-21)11-14-26-17-7-5-16(6-8-17)20-27(4,23)24/h5-8,15,20H,9-14H2,1-4H3. The maximum Gasteiger partial charge on any atom is 0.410 e. The van der Waals surface area contributed by atoms with Gasteiger partial charge in [0.15, 0.2) is 0 Å². The Balaban J connectivity index is 1.69. The predicted octanol–water partition coefficient (Wildman–Crippen LogP) is 4.19. The van der Waals surface area contributed by atoms with Gasteiger partial charge in [-0.05, 0) is 76.0 Å². The van der Waals surface area contributed by atoms with E-state index < -0.39 is 15.6 Å². The van der Waals surface area contributed by atoms with Crippen LogP contribution in [0.25, 0.3) is 0 Å². The number of sulfonamides is 1. The molecule has 1 aromatic carbocycles. The van der Waals surface area contributed by atoms with E-state index in [1.807, 2.05) is 37.8 Å². The number of nitrogens with one attached hydrogen (secondary N) is 1. The van der Waals surface area contributed by atoms with Crippen LogP contribution in [0.2, 0.25) is 0 Å². The molecule has 1 aromatic rings. The third-order valence-electron chi connectivity index (χ3n) is 4.22. The first kappa shape index (κ1) is 21.9. The average Bonchev–Trinajstić information content (AvgIpc) is 2.54. The lowest BCUT2D eigenvalue weighted by atomic mass is 9.95. The molecule has 1 amide bonds. The molecule has 1 aliphatic rings. The minimum atomic E-state index is -3.24. The molecule has 1 aliphatic heterocycles. The van der Waals surface area contributed by atoms with Crippen LogP contribution >= 0.6 is 11.8 Å². The number of hydrogen-bond acceptors (Lipinski definition) is 5. The quantitative estimate of drug-likeness (QED) is 0.707. The monoisotopic (exact) mass is 414 g/mol. The largest absolute Gasteiger partial charge is 0.444 e. The molecule has 0 bridgehead atoms. The van der Waals surface area contributed by atoms with Crippen molar-refractivity contribution in [1.29, 1.82) is 0 Å². The van der Waals surface area contributed by atoms with Crippen molar-refractivity contribution in [3.8, 4) is 0 Å². The van der Waals surface area contributed by atoms with E-state index in [4.69, 9.17) is 4.74 Å². The summed E-state index contributed by atoms with van der Waals surface area (Å²) in [6.45, 7) is 7.18. The van der Waals surface area contributed by atoms with Crippen LogP contribution in [-0.2, 0) is 14.8 Å². The van der Waals surface area contributed by atoms with Crippen molar-refractivity contribution >= 4 is 33.6 Å². The zero-order chi connectivity index (χ0) is 20.1. The lowest BCUT2D eigenvalue weighted by molar-refractivity contribution is 0.0183. The van der Waals surface area contributed by atoms with Crippen molar-refractivity contribution in [2.24, 2.45) is 5.92 Å². The maximum atomic E-state index is 12.1. The molecule has 27 heavy (non-hydrogen) atoms. The molecule has 0 saturated carbocycles. The molecule has 0 radical (unpaired) electrons. The van der Waals surface area contributed by atoms with E-state index in [0.29, 0.717) is 11.6 Å². The molecule has 0 aromatic heterocycles. The number of piperidine rings is 1. The number of carbonyl (C=O) groups is 1. The molecule has 1 fully saturated rings. The van der Waals surface area contributed by atoms with E-state index in [2.05, 4.69) is 4.72 Å². The van der Waals surface area contributed by atoms with Crippen molar-refractivity contribution in [1.82, 2.24) is 4.90 Å². The maximum absolute atomic E-state index is 12.1. The van der Waals surface area contributed by atoms with E-state index in [-0.39, 0.29) is 6.09 Å². The van der Waals surface area contributed by atoms with Gasteiger partial charge >= 0.3 is 6.09 Å². The fourth-order valence-corrected chi connectivity index (χ4v) is 4.49. The molecule has 1 saturated heterocycles. The summed E-state index contributed by atoms with van der Waals surface area (Å²) in [5.74, 6) is 1.64. The highest BCUT2D eigenvalue weighted by Gasteiger charge is 2.26. The summed E-state index contributed by atoms with van der Waals surface area (Å²) in [7, 11) is -3.24. The number of rotatable bonds is 6. The van der Waals surface area contributed by atoms with Gasteiger partial charge in [-0.3, -0.25) is 4.72 Å². The van der Waals surface area contributed by atoms with Crippen molar-refractivity contribution in [3.63, 3.8) is 0 Å². The van der Waals surface area contributed by atoms with E-state index in [1.54, 1.807) is 23.9 Å². The minimum Gasteiger partial charge on any atom is -0.444 e. The number of thioether (sulfide) groups is 1. The molecule has 0 spiro atoms. The van der Waals surface area contributed by atoms with Gasteiger partial charge in [0, 0.05) is 23.7 Å². The fraction of sp³-hybridized carbons (Fsp3) is 0.632. The van der Waals surface area contributed by atoms with Gasteiger partial charge in [-0.2, -0.15) is 0 Å². The summed E-state index contributed by atoms with van der Waals surface area (Å²) < 4.78 is 30.3. The number of ether oxygens (including phenoxy) is 1. The first-order valence-electron chi connectivity index (χ1n) is 9.20. The van der Waals surface area contributed by atoms with Gasteiger partial charge in [0.2, 0.25) is 10.0 Å². The molecule has 152 valence electrons. The number of benzene rings is 1. The number of nitrogens with zero attached hydrogens (tertiary/aromatic N) is 1. The number of amides is 1. The highest BCUT2D eigenvalue weighted by Crippen LogP contribution is 2.27. The lowest BCUT2D eigenvalue weighted by Crippen LogP contribution is -2.41. The Morgan fingerprint density at radius 3 is 2.33 bits per heavy atom. The summed E-state index contributed by atoms with van der Waals surface area (Å²) in [6.07, 6.45) is 4.06. The Hall–Kier alpha value is -1.41. The second-order valence-corrected chi connectivity index (χ2v) is 10.9. The average molecular weight is 415 g/mol. The zero-order valence-corrected chi connectivity index (χ0v) is 18.2. The highest BCUT2D eigenvalue weighted by molar-refractivity contribution is 7.99. The van der Waals surface area contributed by atoms with Gasteiger partial charge in [0.05, 0.1) is 6.26 Å². The molecular formula is C19H30N2O4S2. The molecular weight excluding hydrogens is 384 g/mol. The summed E-state index contributed by atoms with van der Waals surface area (Å²) >= 11 is 1.77. The van der Waals surface area contributed by atoms with E-state index in [0.717, 1.165) is 49.3 Å². The van der Waals surface area contributed by atoms with Gasteiger partial charge in [0.25, 0.3) is 0 Å². The first-order chi connectivity index (χ1) is 12.5. The number of anilines is 1. The summed E-state index contributed by atoms with van der Waals surface area (Å²) in [5, 5.41) is 0. The molecule has 1 N–H and O–H groups in total. The number of carbonyl (C=O) groups excluding carboxylic acids is 1. The second kappa shape index (κ2) is 9.19. The van der Waals surface area contributed by atoms with Crippen molar-refractivity contribution < 1.29 is 17.9 Å². The topological polar surface area (TPSA) is 75.7 Å². The Bertz CT molecular complexity index is 719. The first-order valence-corrected chi connectivity index (χ1v) is 12.1.